The Bertz CT molecular complexity index is 1440. The average molecular weight is 587 g/mol. The number of methoxy groups -OCH3 is 1. The number of hydrogen-bond acceptors (Lipinski definition) is 7. The second-order valence-corrected chi connectivity index (χ2v) is 9.00. The molecule has 4 amide bonds. The number of nitrogens with zero attached hydrogens (tertiary/aromatic N) is 2. The molecular weight excluding hydrogens is 570 g/mol. The molecule has 10 nitrogen and oxygen atoms in total. The number of hydrogen-bond donors (Lipinski definition) is 1. The van der Waals surface area contributed by atoms with Crippen LogP contribution in [0.3, 0.4) is 0 Å². The number of ether oxygens (including phenoxy) is 2. The number of urea groups is 1. The molecule has 0 aromatic heterocycles. The van der Waals surface area contributed by atoms with E-state index in [-0.39, 0.29) is 40.1 Å². The van der Waals surface area contributed by atoms with Crippen molar-refractivity contribution in [2.45, 2.75) is 6.61 Å². The van der Waals surface area contributed by atoms with E-state index < -0.39 is 22.8 Å². The number of nitro benzene ring substituents is 1. The molecule has 1 aliphatic rings. The van der Waals surface area contributed by atoms with Crippen LogP contribution in [-0.4, -0.2) is 29.9 Å². The maximum atomic E-state index is 13.1. The van der Waals surface area contributed by atoms with Crippen LogP contribution in [0.15, 0.2) is 70.7 Å². The third kappa shape index (κ3) is 5.63. The summed E-state index contributed by atoms with van der Waals surface area (Å²) < 4.78 is 11.9. The molecule has 37 heavy (non-hydrogen) atoms. The van der Waals surface area contributed by atoms with Crippen LogP contribution in [0.2, 0.25) is 5.02 Å². The van der Waals surface area contributed by atoms with Crippen molar-refractivity contribution in [2.75, 3.05) is 12.0 Å². The average Bonchev–Trinajstić information content (AvgIpc) is 2.87. The summed E-state index contributed by atoms with van der Waals surface area (Å²) in [6, 6.07) is 14.4. The Hall–Kier alpha value is -4.22. The van der Waals surface area contributed by atoms with E-state index >= 15 is 0 Å². The van der Waals surface area contributed by atoms with Gasteiger partial charge in [0, 0.05) is 16.6 Å². The van der Waals surface area contributed by atoms with Gasteiger partial charge in [-0.2, -0.15) is 0 Å². The molecule has 0 unspecified atom stereocenters. The van der Waals surface area contributed by atoms with E-state index in [4.69, 9.17) is 21.1 Å². The molecule has 1 heterocycles. The molecule has 1 saturated heterocycles. The van der Waals surface area contributed by atoms with Crippen LogP contribution in [0.5, 0.6) is 11.5 Å². The first-order valence-corrected chi connectivity index (χ1v) is 11.8. The molecule has 12 heteroatoms. The molecule has 188 valence electrons. The van der Waals surface area contributed by atoms with Crippen LogP contribution in [0.25, 0.3) is 6.08 Å². The smallest absolute Gasteiger partial charge is 0.335 e. The van der Waals surface area contributed by atoms with Gasteiger partial charge in [-0.3, -0.25) is 25.0 Å². The monoisotopic (exact) mass is 585 g/mol. The van der Waals surface area contributed by atoms with Crippen molar-refractivity contribution in [1.29, 1.82) is 0 Å². The quantitative estimate of drug-likeness (QED) is 0.173. The SMILES string of the molecule is COc1cc(/C=C2\C(=O)NC(=O)N(c3ccc(Br)cc3)C2=O)cc(Cl)c1OCc1ccc([N+](=O)[O-])cc1. The lowest BCUT2D eigenvalue weighted by Crippen LogP contribution is -2.54. The van der Waals surface area contributed by atoms with Crippen LogP contribution in [0.4, 0.5) is 16.2 Å². The molecule has 4 rings (SSSR count). The van der Waals surface area contributed by atoms with Crippen molar-refractivity contribution in [2.24, 2.45) is 0 Å². The number of anilines is 1. The first-order valence-electron chi connectivity index (χ1n) is 10.6. The third-order valence-corrected chi connectivity index (χ3v) is 6.09. The predicted octanol–water partition coefficient (Wildman–Crippen LogP) is 5.26. The van der Waals surface area contributed by atoms with E-state index in [9.17, 15) is 24.5 Å². The van der Waals surface area contributed by atoms with Crippen molar-refractivity contribution in [3.05, 3.63) is 97.0 Å². The van der Waals surface area contributed by atoms with Gasteiger partial charge in [-0.15, -0.1) is 0 Å². The maximum Gasteiger partial charge on any atom is 0.335 e. The van der Waals surface area contributed by atoms with Crippen molar-refractivity contribution >= 4 is 62.8 Å². The summed E-state index contributed by atoms with van der Waals surface area (Å²) in [5.41, 5.74) is 0.985. The molecular formula is C25H17BrClN3O7. The number of benzene rings is 3. The largest absolute Gasteiger partial charge is 0.493 e. The lowest BCUT2D eigenvalue weighted by atomic mass is 10.1. The van der Waals surface area contributed by atoms with E-state index in [0.717, 1.165) is 9.37 Å². The summed E-state index contributed by atoms with van der Waals surface area (Å²) in [7, 11) is 1.40. The van der Waals surface area contributed by atoms with E-state index in [1.54, 1.807) is 36.4 Å². The summed E-state index contributed by atoms with van der Waals surface area (Å²) in [6.45, 7) is 0.0552. The van der Waals surface area contributed by atoms with Crippen LogP contribution in [0.1, 0.15) is 11.1 Å². The number of nitrogens with one attached hydrogen (secondary N) is 1. The zero-order valence-electron chi connectivity index (χ0n) is 19.1. The summed E-state index contributed by atoms with van der Waals surface area (Å²) in [4.78, 5) is 49.2. The molecule has 1 N–H and O–H groups in total. The Balaban J connectivity index is 1.60. The first kappa shape index (κ1) is 25.9. The predicted molar refractivity (Wildman–Crippen MR) is 139 cm³/mol. The number of imide groups is 2. The number of carbonyl (C=O) groups is 3. The first-order chi connectivity index (χ1) is 17.7. The Morgan fingerprint density at radius 1 is 1.08 bits per heavy atom. The van der Waals surface area contributed by atoms with Crippen molar-refractivity contribution in [1.82, 2.24) is 5.32 Å². The van der Waals surface area contributed by atoms with Gasteiger partial charge in [0.25, 0.3) is 17.5 Å². The van der Waals surface area contributed by atoms with Gasteiger partial charge >= 0.3 is 6.03 Å². The molecule has 0 saturated carbocycles. The van der Waals surface area contributed by atoms with Gasteiger partial charge in [-0.1, -0.05) is 27.5 Å². The number of carbonyl (C=O) groups excluding carboxylic acids is 3. The van der Waals surface area contributed by atoms with Crippen LogP contribution in [0, 0.1) is 10.1 Å². The summed E-state index contributed by atoms with van der Waals surface area (Å²) in [5, 5.41) is 13.1. The second kappa shape index (κ2) is 10.8. The minimum Gasteiger partial charge on any atom is -0.493 e. The lowest BCUT2D eigenvalue weighted by Gasteiger charge is -2.26. The van der Waals surface area contributed by atoms with Crippen molar-refractivity contribution < 1.29 is 28.8 Å². The highest BCUT2D eigenvalue weighted by Crippen LogP contribution is 2.38. The molecule has 0 bridgehead atoms. The van der Waals surface area contributed by atoms with Gasteiger partial charge in [0.15, 0.2) is 11.5 Å². The Labute approximate surface area is 223 Å². The number of nitro groups is 1. The lowest BCUT2D eigenvalue weighted by molar-refractivity contribution is -0.384. The topological polar surface area (TPSA) is 128 Å². The number of barbiturate groups is 1. The second-order valence-electron chi connectivity index (χ2n) is 7.68. The van der Waals surface area contributed by atoms with E-state index in [1.165, 1.54) is 37.5 Å². The maximum absolute atomic E-state index is 13.1. The van der Waals surface area contributed by atoms with E-state index in [0.29, 0.717) is 11.1 Å². The molecule has 1 fully saturated rings. The Morgan fingerprint density at radius 2 is 1.76 bits per heavy atom. The van der Waals surface area contributed by atoms with Gasteiger partial charge in [0.05, 0.1) is 22.7 Å². The molecule has 3 aromatic carbocycles. The Morgan fingerprint density at radius 3 is 2.38 bits per heavy atom. The fraction of sp³-hybridized carbons (Fsp3) is 0.0800. The highest BCUT2D eigenvalue weighted by molar-refractivity contribution is 9.10. The zero-order chi connectivity index (χ0) is 26.7. The van der Waals surface area contributed by atoms with Gasteiger partial charge in [-0.25, -0.2) is 9.69 Å². The number of halogens is 2. The summed E-state index contributed by atoms with van der Waals surface area (Å²) in [5.74, 6) is -1.22. The van der Waals surface area contributed by atoms with Crippen LogP contribution >= 0.6 is 27.5 Å². The normalized spacial score (nSPS) is 14.5. The highest BCUT2D eigenvalue weighted by Gasteiger charge is 2.36. The van der Waals surface area contributed by atoms with Gasteiger partial charge in [0.2, 0.25) is 0 Å². The molecule has 0 radical (unpaired) electrons. The fourth-order valence-corrected chi connectivity index (χ4v) is 4.02. The molecule has 1 aliphatic heterocycles. The Kier molecular flexibility index (Phi) is 7.55. The van der Waals surface area contributed by atoms with E-state index in [1.807, 2.05) is 0 Å². The molecule has 0 spiro atoms. The number of amides is 4. The van der Waals surface area contributed by atoms with Crippen molar-refractivity contribution in [3.63, 3.8) is 0 Å². The number of non-ortho nitro benzene ring substituents is 1. The van der Waals surface area contributed by atoms with Crippen LogP contribution in [-0.2, 0) is 16.2 Å². The zero-order valence-corrected chi connectivity index (χ0v) is 21.4. The molecule has 0 atom stereocenters. The molecule has 0 aliphatic carbocycles. The van der Waals surface area contributed by atoms with Gasteiger partial charge < -0.3 is 9.47 Å². The van der Waals surface area contributed by atoms with E-state index in [2.05, 4.69) is 21.2 Å². The minimum atomic E-state index is -0.861. The van der Waals surface area contributed by atoms with Gasteiger partial charge in [-0.05, 0) is 65.7 Å². The molecule has 3 aromatic rings. The summed E-state index contributed by atoms with van der Waals surface area (Å²) >= 11 is 9.72. The summed E-state index contributed by atoms with van der Waals surface area (Å²) in [6.07, 6.45) is 1.30. The van der Waals surface area contributed by atoms with Crippen molar-refractivity contribution in [3.8, 4) is 11.5 Å². The van der Waals surface area contributed by atoms with Gasteiger partial charge in [0.1, 0.15) is 12.2 Å². The minimum absolute atomic E-state index is 0.0431. The standard InChI is InChI=1S/C25H17BrClN3O7/c1-36-21-12-15(11-20(27)22(21)37-13-14-2-6-18(7-3-14)30(34)35)10-19-23(31)28-25(33)29(24(19)32)17-8-4-16(26)5-9-17/h2-12H,13H2,1H3,(H,28,31,33)/b19-10+. The third-order valence-electron chi connectivity index (χ3n) is 5.28. The number of rotatable bonds is 7. The van der Waals surface area contributed by atoms with Crippen LogP contribution < -0.4 is 19.7 Å². The fourth-order valence-electron chi connectivity index (χ4n) is 3.48. The highest BCUT2D eigenvalue weighted by atomic mass is 79.9.